The summed E-state index contributed by atoms with van der Waals surface area (Å²) < 4.78 is 16.8. The Hall–Kier alpha value is -3.93. The van der Waals surface area contributed by atoms with E-state index in [0.29, 0.717) is 19.3 Å². The zero-order valence-corrected chi connectivity index (χ0v) is 44.8. The van der Waals surface area contributed by atoms with E-state index in [4.69, 9.17) is 14.2 Å². The quantitative estimate of drug-likeness (QED) is 0.0262. The van der Waals surface area contributed by atoms with Crippen molar-refractivity contribution in [2.45, 2.75) is 258 Å². The van der Waals surface area contributed by atoms with Gasteiger partial charge in [-0.25, -0.2) is 0 Å². The summed E-state index contributed by atoms with van der Waals surface area (Å²) in [6, 6.07) is 0. The molecule has 6 heteroatoms. The Labute approximate surface area is 425 Å². The second-order valence-electron chi connectivity index (χ2n) is 18.5. The molecule has 0 saturated carbocycles. The summed E-state index contributed by atoms with van der Waals surface area (Å²) in [5.74, 6) is -1.03. The van der Waals surface area contributed by atoms with Crippen molar-refractivity contribution in [3.05, 3.63) is 109 Å². The predicted molar refractivity (Wildman–Crippen MR) is 297 cm³/mol. The second-order valence-corrected chi connectivity index (χ2v) is 18.5. The van der Waals surface area contributed by atoms with Crippen molar-refractivity contribution in [1.29, 1.82) is 0 Å². The smallest absolute Gasteiger partial charge is 0.306 e. The van der Waals surface area contributed by atoms with Gasteiger partial charge in [0.05, 0.1) is 0 Å². The molecule has 0 spiro atoms. The van der Waals surface area contributed by atoms with E-state index >= 15 is 0 Å². The SMILES string of the molecule is CC/C=C\C/C=C\C/C=C\C/C=C\C/C=C\CCCC(=O)O[C@H](COC(=O)CCC/C=C\C/C=C\C/C=C\C/C=C\CCCCC)COC(=O)CCCCCCCCCCCCCCCCCCC. The van der Waals surface area contributed by atoms with Crippen molar-refractivity contribution in [2.75, 3.05) is 13.2 Å². The molecule has 0 aromatic heterocycles. The first kappa shape index (κ1) is 65.1. The van der Waals surface area contributed by atoms with Gasteiger partial charge in [0.15, 0.2) is 6.10 Å². The highest BCUT2D eigenvalue weighted by Crippen LogP contribution is 2.15. The number of carbonyl (C=O) groups excluding carboxylic acids is 3. The third-order valence-corrected chi connectivity index (χ3v) is 11.8. The molecule has 6 nitrogen and oxygen atoms in total. The van der Waals surface area contributed by atoms with E-state index in [1.807, 2.05) is 0 Å². The Balaban J connectivity index is 4.55. The Kier molecular flexibility index (Phi) is 53.4. The molecule has 1 atom stereocenters. The van der Waals surface area contributed by atoms with Crippen molar-refractivity contribution in [3.63, 3.8) is 0 Å². The van der Waals surface area contributed by atoms with Gasteiger partial charge in [-0.3, -0.25) is 14.4 Å². The third-order valence-electron chi connectivity index (χ3n) is 11.8. The molecule has 392 valence electrons. The average Bonchev–Trinajstić information content (AvgIpc) is 3.35. The molecule has 0 unspecified atom stereocenters. The molecular weight excluding hydrogens is 853 g/mol. The molecule has 0 bridgehead atoms. The highest BCUT2D eigenvalue weighted by molar-refractivity contribution is 5.71. The van der Waals surface area contributed by atoms with Crippen molar-refractivity contribution in [3.8, 4) is 0 Å². The van der Waals surface area contributed by atoms with Crippen LogP contribution in [0.5, 0.6) is 0 Å². The topological polar surface area (TPSA) is 78.9 Å². The monoisotopic (exact) mass is 957 g/mol. The summed E-state index contributed by atoms with van der Waals surface area (Å²) in [6.07, 6.45) is 76.6. The molecule has 0 amide bonds. The van der Waals surface area contributed by atoms with Gasteiger partial charge in [0.25, 0.3) is 0 Å². The zero-order valence-electron chi connectivity index (χ0n) is 44.8. The fraction of sp³-hybridized carbons (Fsp3) is 0.667. The van der Waals surface area contributed by atoms with Gasteiger partial charge in [0, 0.05) is 19.3 Å². The molecule has 0 N–H and O–H groups in total. The average molecular weight is 958 g/mol. The van der Waals surface area contributed by atoms with Gasteiger partial charge in [-0.2, -0.15) is 0 Å². The van der Waals surface area contributed by atoms with Crippen LogP contribution in [0.4, 0.5) is 0 Å². The van der Waals surface area contributed by atoms with Crippen LogP contribution in [0.25, 0.3) is 0 Å². The first-order valence-corrected chi connectivity index (χ1v) is 28.4. The van der Waals surface area contributed by atoms with E-state index in [9.17, 15) is 14.4 Å². The lowest BCUT2D eigenvalue weighted by molar-refractivity contribution is -0.167. The highest BCUT2D eigenvalue weighted by Gasteiger charge is 2.19. The minimum absolute atomic E-state index is 0.117. The second kappa shape index (κ2) is 56.7. The van der Waals surface area contributed by atoms with Gasteiger partial charge in [0.2, 0.25) is 0 Å². The number of unbranched alkanes of at least 4 members (excludes halogenated alkanes) is 21. The van der Waals surface area contributed by atoms with E-state index < -0.39 is 6.10 Å². The summed E-state index contributed by atoms with van der Waals surface area (Å²) >= 11 is 0. The van der Waals surface area contributed by atoms with Gasteiger partial charge >= 0.3 is 17.9 Å². The summed E-state index contributed by atoms with van der Waals surface area (Å²) in [5.41, 5.74) is 0. The first-order valence-electron chi connectivity index (χ1n) is 28.4. The molecule has 0 fully saturated rings. The molecule has 0 saturated heterocycles. The fourth-order valence-corrected chi connectivity index (χ4v) is 7.53. The number of hydrogen-bond donors (Lipinski definition) is 0. The summed E-state index contributed by atoms with van der Waals surface area (Å²) in [6.45, 7) is 6.41. The van der Waals surface area contributed by atoms with Crippen LogP contribution in [0, 0.1) is 0 Å². The minimum atomic E-state index is -0.830. The van der Waals surface area contributed by atoms with Crippen LogP contribution in [-0.4, -0.2) is 37.2 Å². The van der Waals surface area contributed by atoms with Gasteiger partial charge in [-0.1, -0.05) is 246 Å². The maximum absolute atomic E-state index is 12.8. The lowest BCUT2D eigenvalue weighted by atomic mass is 10.0. The van der Waals surface area contributed by atoms with Gasteiger partial charge in [-0.15, -0.1) is 0 Å². The summed E-state index contributed by atoms with van der Waals surface area (Å²) in [5, 5.41) is 0. The normalized spacial score (nSPS) is 12.9. The Morgan fingerprint density at radius 1 is 0.304 bits per heavy atom. The molecule has 0 aliphatic rings. The van der Waals surface area contributed by atoms with Crippen molar-refractivity contribution in [1.82, 2.24) is 0 Å². The van der Waals surface area contributed by atoms with E-state index in [2.05, 4.69) is 130 Å². The van der Waals surface area contributed by atoms with Crippen LogP contribution >= 0.6 is 0 Å². The van der Waals surface area contributed by atoms with Crippen LogP contribution in [-0.2, 0) is 28.6 Å². The molecule has 0 heterocycles. The molecule has 0 aliphatic carbocycles. The standard InChI is InChI=1S/C63H104O6/c1-4-7-10-13-16-19-22-25-28-31-34-37-40-43-46-49-52-55-61(64)67-58-60(69-63(66)57-54-51-48-45-42-39-36-33-30-27-24-21-18-15-12-9-6-3)59-68-62(65)56-53-50-47-44-41-38-35-32-29-26-23-20-17-14-11-8-5-2/h9,12,16,18-19,21,25,27-28,30,34,36-37,39,43,45-46,48,60H,4-8,10-11,13-15,17,20,22-24,26,29,31-33,35,38,40-42,44,47,49-59H2,1-3H3/b12-9-,19-16-,21-18-,28-25-,30-27-,37-34-,39-36-,46-43-,48-45-/t60-/m1/s1. The Morgan fingerprint density at radius 2 is 0.580 bits per heavy atom. The highest BCUT2D eigenvalue weighted by atomic mass is 16.6. The lowest BCUT2D eigenvalue weighted by Gasteiger charge is -2.18. The third kappa shape index (κ3) is 54.9. The first-order chi connectivity index (χ1) is 34.0. The van der Waals surface area contributed by atoms with Crippen LogP contribution in [0.2, 0.25) is 0 Å². The van der Waals surface area contributed by atoms with E-state index in [1.54, 1.807) is 0 Å². The van der Waals surface area contributed by atoms with E-state index in [1.165, 1.54) is 116 Å². The van der Waals surface area contributed by atoms with Crippen molar-refractivity contribution in [2.24, 2.45) is 0 Å². The summed E-state index contributed by atoms with van der Waals surface area (Å²) in [7, 11) is 0. The molecule has 69 heavy (non-hydrogen) atoms. The largest absolute Gasteiger partial charge is 0.462 e. The molecule has 0 aliphatic heterocycles. The number of hydrogen-bond acceptors (Lipinski definition) is 6. The molecule has 0 rings (SSSR count). The van der Waals surface area contributed by atoms with Crippen LogP contribution < -0.4 is 0 Å². The number of esters is 3. The molecule has 0 aromatic carbocycles. The van der Waals surface area contributed by atoms with Gasteiger partial charge in [0.1, 0.15) is 13.2 Å². The fourth-order valence-electron chi connectivity index (χ4n) is 7.53. The Bertz CT molecular complexity index is 1420. The summed E-state index contributed by atoms with van der Waals surface area (Å²) in [4.78, 5) is 38.1. The lowest BCUT2D eigenvalue weighted by Crippen LogP contribution is -2.30. The van der Waals surface area contributed by atoms with Crippen molar-refractivity contribution < 1.29 is 28.6 Å². The zero-order chi connectivity index (χ0) is 50.0. The van der Waals surface area contributed by atoms with Crippen LogP contribution in [0.1, 0.15) is 252 Å². The van der Waals surface area contributed by atoms with E-state index in [0.717, 1.165) is 83.5 Å². The van der Waals surface area contributed by atoms with Gasteiger partial charge < -0.3 is 14.2 Å². The molecular formula is C63H104O6. The minimum Gasteiger partial charge on any atom is -0.462 e. The number of allylic oxidation sites excluding steroid dienone is 18. The predicted octanol–water partition coefficient (Wildman–Crippen LogP) is 19.1. The molecule has 0 radical (unpaired) electrons. The Morgan fingerprint density at radius 3 is 0.942 bits per heavy atom. The van der Waals surface area contributed by atoms with Gasteiger partial charge in [-0.05, 0) is 96.3 Å². The van der Waals surface area contributed by atoms with Crippen LogP contribution in [0.3, 0.4) is 0 Å². The number of ether oxygens (including phenoxy) is 3. The number of rotatable bonds is 50. The molecule has 0 aromatic rings. The maximum atomic E-state index is 12.8. The van der Waals surface area contributed by atoms with Crippen LogP contribution in [0.15, 0.2) is 109 Å². The number of carbonyl (C=O) groups is 3. The van der Waals surface area contributed by atoms with E-state index in [-0.39, 0.29) is 44.0 Å². The maximum Gasteiger partial charge on any atom is 0.306 e. The van der Waals surface area contributed by atoms with Crippen molar-refractivity contribution >= 4 is 17.9 Å².